The summed E-state index contributed by atoms with van der Waals surface area (Å²) in [6.45, 7) is 2.70. The number of rotatable bonds is 4. The topological polar surface area (TPSA) is 44.1 Å². The van der Waals surface area contributed by atoms with Crippen LogP contribution >= 0.6 is 0 Å². The lowest BCUT2D eigenvalue weighted by Crippen LogP contribution is -2.39. The zero-order chi connectivity index (χ0) is 14.6. The Labute approximate surface area is 121 Å². The van der Waals surface area contributed by atoms with Crippen molar-refractivity contribution in [1.82, 2.24) is 4.90 Å². The quantitative estimate of drug-likeness (QED) is 0.840. The number of carbonyl (C=O) groups is 1. The van der Waals surface area contributed by atoms with Crippen LogP contribution in [0.2, 0.25) is 0 Å². The first-order valence-corrected chi connectivity index (χ1v) is 7.36. The lowest BCUT2D eigenvalue weighted by atomic mass is 9.82. The van der Waals surface area contributed by atoms with Gasteiger partial charge in [-0.15, -0.1) is 0 Å². The third-order valence-corrected chi connectivity index (χ3v) is 4.51. The first kappa shape index (κ1) is 14.6. The van der Waals surface area contributed by atoms with Gasteiger partial charge in [0.1, 0.15) is 0 Å². The molecule has 1 amide bonds. The molecule has 0 bridgehead atoms. The molecule has 3 heteroatoms. The zero-order valence-corrected chi connectivity index (χ0v) is 12.4. The van der Waals surface area contributed by atoms with E-state index in [0.717, 1.165) is 37.7 Å². The Morgan fingerprint density at radius 2 is 2.10 bits per heavy atom. The molecule has 0 aromatic heterocycles. The zero-order valence-electron chi connectivity index (χ0n) is 12.4. The molecule has 1 aliphatic rings. The molecule has 0 heterocycles. The van der Waals surface area contributed by atoms with Gasteiger partial charge >= 0.3 is 0 Å². The largest absolute Gasteiger partial charge is 0.341 e. The van der Waals surface area contributed by atoms with Gasteiger partial charge in [0.25, 0.3) is 0 Å². The Morgan fingerprint density at radius 3 is 2.70 bits per heavy atom. The smallest absolute Gasteiger partial charge is 0.228 e. The number of hydrogen-bond acceptors (Lipinski definition) is 2. The van der Waals surface area contributed by atoms with Crippen LogP contribution in [0.3, 0.4) is 0 Å². The van der Waals surface area contributed by atoms with Gasteiger partial charge in [-0.1, -0.05) is 31.9 Å². The summed E-state index contributed by atoms with van der Waals surface area (Å²) in [7, 11) is 1.87. The minimum atomic E-state index is -0.137. The molecular weight excluding hydrogens is 248 g/mol. The Hall–Kier alpha value is -1.82. The SMILES string of the molecule is CCC1(C(=O)N(C)Cc2cccc(C#N)c2)CCCC1. The van der Waals surface area contributed by atoms with E-state index in [-0.39, 0.29) is 11.3 Å². The second-order valence-corrected chi connectivity index (χ2v) is 5.81. The van der Waals surface area contributed by atoms with Crippen LogP contribution in [0.15, 0.2) is 24.3 Å². The molecule has 2 rings (SSSR count). The van der Waals surface area contributed by atoms with Crippen LogP contribution in [0.25, 0.3) is 0 Å². The molecule has 0 saturated heterocycles. The van der Waals surface area contributed by atoms with Crippen LogP contribution in [0.4, 0.5) is 0 Å². The Bertz CT molecular complexity index is 524. The van der Waals surface area contributed by atoms with Gasteiger partial charge in [0, 0.05) is 19.0 Å². The van der Waals surface area contributed by atoms with Gasteiger partial charge in [0.05, 0.1) is 11.6 Å². The highest BCUT2D eigenvalue weighted by molar-refractivity contribution is 5.82. The first-order valence-electron chi connectivity index (χ1n) is 7.36. The summed E-state index contributed by atoms with van der Waals surface area (Å²) in [6, 6.07) is 9.63. The summed E-state index contributed by atoms with van der Waals surface area (Å²) in [6.07, 6.45) is 5.29. The van der Waals surface area contributed by atoms with Crippen LogP contribution in [0.1, 0.15) is 50.2 Å². The molecule has 20 heavy (non-hydrogen) atoms. The van der Waals surface area contributed by atoms with Crippen molar-refractivity contribution in [3.05, 3.63) is 35.4 Å². The molecule has 1 aromatic carbocycles. The number of nitrogens with zero attached hydrogens (tertiary/aromatic N) is 2. The van der Waals surface area contributed by atoms with Gasteiger partial charge in [-0.3, -0.25) is 4.79 Å². The monoisotopic (exact) mass is 270 g/mol. The van der Waals surface area contributed by atoms with Crippen molar-refractivity contribution >= 4 is 5.91 Å². The molecule has 3 nitrogen and oxygen atoms in total. The highest BCUT2D eigenvalue weighted by Crippen LogP contribution is 2.42. The minimum Gasteiger partial charge on any atom is -0.341 e. The predicted molar refractivity (Wildman–Crippen MR) is 78.8 cm³/mol. The molecule has 1 fully saturated rings. The summed E-state index contributed by atoms with van der Waals surface area (Å²) in [4.78, 5) is 14.5. The van der Waals surface area contributed by atoms with Crippen molar-refractivity contribution in [2.75, 3.05) is 7.05 Å². The number of hydrogen-bond donors (Lipinski definition) is 0. The van der Waals surface area contributed by atoms with Crippen molar-refractivity contribution in [2.45, 2.75) is 45.6 Å². The van der Waals surface area contributed by atoms with Crippen molar-refractivity contribution in [3.63, 3.8) is 0 Å². The number of amides is 1. The lowest BCUT2D eigenvalue weighted by molar-refractivity contribution is -0.141. The van der Waals surface area contributed by atoms with Crippen LogP contribution < -0.4 is 0 Å². The van der Waals surface area contributed by atoms with Crippen molar-refractivity contribution in [1.29, 1.82) is 5.26 Å². The molecule has 1 saturated carbocycles. The van der Waals surface area contributed by atoms with Gasteiger partial charge in [-0.25, -0.2) is 0 Å². The van der Waals surface area contributed by atoms with Gasteiger partial charge in [0.15, 0.2) is 0 Å². The van der Waals surface area contributed by atoms with E-state index >= 15 is 0 Å². The Balaban J connectivity index is 2.09. The second kappa shape index (κ2) is 6.09. The van der Waals surface area contributed by atoms with Crippen LogP contribution in [0, 0.1) is 16.7 Å². The van der Waals surface area contributed by atoms with Crippen molar-refractivity contribution in [3.8, 4) is 6.07 Å². The summed E-state index contributed by atoms with van der Waals surface area (Å²) in [5.41, 5.74) is 1.53. The average molecular weight is 270 g/mol. The summed E-state index contributed by atoms with van der Waals surface area (Å²) in [5, 5.41) is 8.93. The van der Waals surface area contributed by atoms with E-state index in [2.05, 4.69) is 13.0 Å². The molecule has 0 N–H and O–H groups in total. The fraction of sp³-hybridized carbons (Fsp3) is 0.529. The first-order chi connectivity index (χ1) is 9.61. The van der Waals surface area contributed by atoms with Crippen LogP contribution in [-0.4, -0.2) is 17.9 Å². The van der Waals surface area contributed by atoms with Crippen LogP contribution in [-0.2, 0) is 11.3 Å². The highest BCUT2D eigenvalue weighted by atomic mass is 16.2. The molecule has 1 aliphatic carbocycles. The van der Waals surface area contributed by atoms with Crippen LogP contribution in [0.5, 0.6) is 0 Å². The average Bonchev–Trinajstić information content (AvgIpc) is 2.96. The number of benzene rings is 1. The summed E-state index contributed by atoms with van der Waals surface area (Å²) >= 11 is 0. The predicted octanol–water partition coefficient (Wildman–Crippen LogP) is 3.49. The number of nitriles is 1. The maximum atomic E-state index is 12.7. The minimum absolute atomic E-state index is 0.137. The van der Waals surface area contributed by atoms with E-state index in [1.807, 2.05) is 30.1 Å². The molecule has 106 valence electrons. The molecule has 0 unspecified atom stereocenters. The van der Waals surface area contributed by atoms with E-state index in [1.165, 1.54) is 0 Å². The maximum Gasteiger partial charge on any atom is 0.228 e. The van der Waals surface area contributed by atoms with Crippen molar-refractivity contribution < 1.29 is 4.79 Å². The molecule has 0 radical (unpaired) electrons. The molecular formula is C17H22N2O. The fourth-order valence-electron chi connectivity index (χ4n) is 3.26. The van der Waals surface area contributed by atoms with E-state index in [9.17, 15) is 4.79 Å². The number of carbonyl (C=O) groups excluding carboxylic acids is 1. The maximum absolute atomic E-state index is 12.7. The molecule has 0 atom stereocenters. The second-order valence-electron chi connectivity index (χ2n) is 5.81. The molecule has 0 spiro atoms. The Morgan fingerprint density at radius 1 is 1.40 bits per heavy atom. The van der Waals surface area contributed by atoms with Gasteiger partial charge in [-0.05, 0) is 37.0 Å². The van der Waals surface area contributed by atoms with Gasteiger partial charge < -0.3 is 4.90 Å². The standard InChI is InChI=1S/C17H22N2O/c1-3-17(9-4-5-10-17)16(20)19(2)13-15-8-6-7-14(11-15)12-18/h6-8,11H,3-5,9-10,13H2,1-2H3. The van der Waals surface area contributed by atoms with Gasteiger partial charge in [-0.2, -0.15) is 5.26 Å². The molecule has 1 aromatic rings. The van der Waals surface area contributed by atoms with E-state index in [1.54, 1.807) is 6.07 Å². The summed E-state index contributed by atoms with van der Waals surface area (Å²) < 4.78 is 0. The Kier molecular flexibility index (Phi) is 4.44. The van der Waals surface area contributed by atoms with Crippen molar-refractivity contribution in [2.24, 2.45) is 5.41 Å². The van der Waals surface area contributed by atoms with E-state index in [0.29, 0.717) is 12.1 Å². The normalized spacial score (nSPS) is 16.6. The highest BCUT2D eigenvalue weighted by Gasteiger charge is 2.40. The third-order valence-electron chi connectivity index (χ3n) is 4.51. The fourth-order valence-corrected chi connectivity index (χ4v) is 3.26. The van der Waals surface area contributed by atoms with E-state index < -0.39 is 0 Å². The lowest BCUT2D eigenvalue weighted by Gasteiger charge is -2.31. The molecule has 0 aliphatic heterocycles. The van der Waals surface area contributed by atoms with Gasteiger partial charge in [0.2, 0.25) is 5.91 Å². The van der Waals surface area contributed by atoms with E-state index in [4.69, 9.17) is 5.26 Å². The third kappa shape index (κ3) is 2.85. The summed E-state index contributed by atoms with van der Waals surface area (Å²) in [5.74, 6) is 0.264.